The highest BCUT2D eigenvalue weighted by molar-refractivity contribution is 8.13. The second-order valence-electron chi connectivity index (χ2n) is 3.87. The van der Waals surface area contributed by atoms with Crippen molar-refractivity contribution >= 4 is 31.4 Å². The van der Waals surface area contributed by atoms with Crippen LogP contribution in [-0.4, -0.2) is 25.9 Å². The predicted octanol–water partition coefficient (Wildman–Crippen LogP) is 2.48. The van der Waals surface area contributed by atoms with Crippen molar-refractivity contribution in [2.24, 2.45) is 0 Å². The van der Waals surface area contributed by atoms with E-state index in [2.05, 4.69) is 0 Å². The number of nitrogens with zero attached hydrogens (tertiary/aromatic N) is 1. The molecule has 0 fully saturated rings. The topological polar surface area (TPSA) is 104 Å². The summed E-state index contributed by atoms with van der Waals surface area (Å²) in [4.78, 5) is 20.9. The highest BCUT2D eigenvalue weighted by atomic mass is 35.7. The molecule has 0 radical (unpaired) electrons. The molecule has 0 saturated carbocycles. The molecule has 7 nitrogen and oxygen atoms in total. The fraction of sp³-hybridized carbons (Fsp3) is 0.364. The highest BCUT2D eigenvalue weighted by Gasteiger charge is 2.25. The van der Waals surface area contributed by atoms with E-state index in [0.29, 0.717) is 6.42 Å². The number of carbonyl (C=O) groups excluding carboxylic acids is 1. The Morgan fingerprint density at radius 1 is 1.45 bits per heavy atom. The zero-order valence-corrected chi connectivity index (χ0v) is 12.1. The van der Waals surface area contributed by atoms with Gasteiger partial charge in [-0.05, 0) is 18.6 Å². The molecule has 0 heterocycles. The van der Waals surface area contributed by atoms with Crippen molar-refractivity contribution in [3.05, 3.63) is 33.9 Å². The van der Waals surface area contributed by atoms with Crippen LogP contribution in [0.1, 0.15) is 30.1 Å². The van der Waals surface area contributed by atoms with Crippen LogP contribution >= 0.6 is 10.7 Å². The van der Waals surface area contributed by atoms with Crippen molar-refractivity contribution in [2.75, 3.05) is 6.61 Å². The first-order valence-corrected chi connectivity index (χ1v) is 7.98. The molecule has 0 aliphatic carbocycles. The smallest absolute Gasteiger partial charge is 0.338 e. The van der Waals surface area contributed by atoms with E-state index >= 15 is 0 Å². The lowest BCUT2D eigenvalue weighted by molar-refractivity contribution is -0.387. The van der Waals surface area contributed by atoms with Crippen molar-refractivity contribution < 1.29 is 22.9 Å². The van der Waals surface area contributed by atoms with Gasteiger partial charge in [0.1, 0.15) is 0 Å². The molecule has 9 heteroatoms. The van der Waals surface area contributed by atoms with Gasteiger partial charge < -0.3 is 4.74 Å². The molecule has 1 rings (SSSR count). The summed E-state index contributed by atoms with van der Waals surface area (Å²) in [6, 6.07) is 2.87. The predicted molar refractivity (Wildman–Crippen MR) is 71.3 cm³/mol. The fourth-order valence-corrected chi connectivity index (χ4v) is 2.39. The number of hydrogen-bond acceptors (Lipinski definition) is 6. The zero-order valence-electron chi connectivity index (χ0n) is 10.5. The van der Waals surface area contributed by atoms with E-state index in [9.17, 15) is 23.3 Å². The molecule has 0 aliphatic heterocycles. The van der Waals surface area contributed by atoms with Gasteiger partial charge in [-0.25, -0.2) is 13.2 Å². The molecule has 0 aromatic heterocycles. The van der Waals surface area contributed by atoms with Gasteiger partial charge in [-0.2, -0.15) is 0 Å². The Balaban J connectivity index is 3.11. The molecule has 0 N–H and O–H groups in total. The Kier molecular flexibility index (Phi) is 5.46. The van der Waals surface area contributed by atoms with Gasteiger partial charge in [0.25, 0.3) is 14.7 Å². The number of nitro benzene ring substituents is 1. The lowest BCUT2D eigenvalue weighted by Crippen LogP contribution is -2.08. The van der Waals surface area contributed by atoms with E-state index < -0.39 is 30.5 Å². The summed E-state index contributed by atoms with van der Waals surface area (Å²) in [5.41, 5.74) is -0.859. The molecule has 0 bridgehead atoms. The second-order valence-corrected chi connectivity index (χ2v) is 6.40. The van der Waals surface area contributed by atoms with Crippen LogP contribution in [0.15, 0.2) is 23.1 Å². The van der Waals surface area contributed by atoms with Crippen molar-refractivity contribution in [3.63, 3.8) is 0 Å². The Hall–Kier alpha value is -1.67. The Bertz CT molecular complexity index is 628. The van der Waals surface area contributed by atoms with E-state index in [0.717, 1.165) is 24.6 Å². The van der Waals surface area contributed by atoms with E-state index in [4.69, 9.17) is 15.4 Å². The third-order valence-corrected chi connectivity index (χ3v) is 3.75. The standard InChI is InChI=1S/C11H12ClNO6S/c1-2-3-6-19-11(14)8-4-5-10(20(12,17)18)9(7-8)13(15)16/h4-5,7H,2-3,6H2,1H3. The number of benzene rings is 1. The summed E-state index contributed by atoms with van der Waals surface area (Å²) < 4.78 is 27.3. The number of unbranched alkanes of at least 4 members (excludes halogenated alkanes) is 1. The molecule has 0 atom stereocenters. The number of hydrogen-bond donors (Lipinski definition) is 0. The van der Waals surface area contributed by atoms with Crippen LogP contribution in [0, 0.1) is 10.1 Å². The molecule has 0 unspecified atom stereocenters. The van der Waals surface area contributed by atoms with Crippen LogP contribution < -0.4 is 0 Å². The average Bonchev–Trinajstić information content (AvgIpc) is 2.37. The van der Waals surface area contributed by atoms with E-state index in [1.54, 1.807) is 0 Å². The van der Waals surface area contributed by atoms with Crippen molar-refractivity contribution in [3.8, 4) is 0 Å². The van der Waals surface area contributed by atoms with Crippen LogP contribution in [0.5, 0.6) is 0 Å². The average molecular weight is 322 g/mol. The normalized spacial score (nSPS) is 11.1. The summed E-state index contributed by atoms with van der Waals surface area (Å²) in [5.74, 6) is -0.750. The van der Waals surface area contributed by atoms with Gasteiger partial charge in [-0.3, -0.25) is 10.1 Å². The largest absolute Gasteiger partial charge is 0.462 e. The molecule has 110 valence electrons. The molecular formula is C11H12ClNO6S. The Morgan fingerprint density at radius 2 is 2.10 bits per heavy atom. The molecule has 0 amide bonds. The van der Waals surface area contributed by atoms with Crippen molar-refractivity contribution in [1.82, 2.24) is 0 Å². The number of ether oxygens (including phenoxy) is 1. The number of halogens is 1. The highest BCUT2D eigenvalue weighted by Crippen LogP contribution is 2.28. The minimum Gasteiger partial charge on any atom is -0.462 e. The van der Waals surface area contributed by atoms with E-state index in [1.807, 2.05) is 6.92 Å². The number of carbonyl (C=O) groups is 1. The van der Waals surface area contributed by atoms with Gasteiger partial charge in [-0.15, -0.1) is 0 Å². The monoisotopic (exact) mass is 321 g/mol. The first kappa shape index (κ1) is 16.4. The molecule has 0 aliphatic rings. The van der Waals surface area contributed by atoms with Crippen LogP contribution in [0.4, 0.5) is 5.69 Å². The molecule has 0 spiro atoms. The first-order chi connectivity index (χ1) is 9.27. The van der Waals surface area contributed by atoms with Crippen molar-refractivity contribution in [2.45, 2.75) is 24.7 Å². The summed E-state index contributed by atoms with van der Waals surface area (Å²) in [6.07, 6.45) is 1.50. The minimum atomic E-state index is -4.26. The Morgan fingerprint density at radius 3 is 2.60 bits per heavy atom. The van der Waals surface area contributed by atoms with Gasteiger partial charge in [0.15, 0.2) is 4.90 Å². The maximum atomic E-state index is 11.6. The molecule has 1 aromatic carbocycles. The first-order valence-electron chi connectivity index (χ1n) is 5.67. The number of rotatable bonds is 6. The van der Waals surface area contributed by atoms with Gasteiger partial charge in [0, 0.05) is 16.7 Å². The summed E-state index contributed by atoms with van der Waals surface area (Å²) in [7, 11) is 0.830. The minimum absolute atomic E-state index is 0.100. The maximum absolute atomic E-state index is 11.6. The van der Waals surface area contributed by atoms with Gasteiger partial charge in [0.05, 0.1) is 17.1 Å². The Labute approximate surface area is 120 Å². The lowest BCUT2D eigenvalue weighted by atomic mass is 10.2. The number of nitro groups is 1. The molecular weight excluding hydrogens is 310 g/mol. The van der Waals surface area contributed by atoms with Gasteiger partial charge in [0.2, 0.25) is 0 Å². The summed E-state index contributed by atoms with van der Waals surface area (Å²) in [6.45, 7) is 2.11. The quantitative estimate of drug-likeness (QED) is 0.262. The van der Waals surface area contributed by atoms with Gasteiger partial charge in [-0.1, -0.05) is 13.3 Å². The van der Waals surface area contributed by atoms with Crippen molar-refractivity contribution in [1.29, 1.82) is 0 Å². The van der Waals surface area contributed by atoms with E-state index in [1.165, 1.54) is 0 Å². The zero-order chi connectivity index (χ0) is 15.3. The lowest BCUT2D eigenvalue weighted by Gasteiger charge is -2.05. The van der Waals surface area contributed by atoms with E-state index in [-0.39, 0.29) is 12.2 Å². The maximum Gasteiger partial charge on any atom is 0.338 e. The molecule has 1 aromatic rings. The SMILES string of the molecule is CCCCOC(=O)c1ccc(S(=O)(=O)Cl)c([N+](=O)[O-])c1. The van der Waals surface area contributed by atoms with Gasteiger partial charge >= 0.3 is 5.97 Å². The van der Waals surface area contributed by atoms with Crippen LogP contribution in [0.2, 0.25) is 0 Å². The molecule has 0 saturated heterocycles. The second kappa shape index (κ2) is 6.67. The van der Waals surface area contributed by atoms with Crippen LogP contribution in [-0.2, 0) is 13.8 Å². The fourth-order valence-electron chi connectivity index (χ4n) is 1.39. The van der Waals surface area contributed by atoms with Crippen LogP contribution in [0.25, 0.3) is 0 Å². The van der Waals surface area contributed by atoms with Crippen LogP contribution in [0.3, 0.4) is 0 Å². The molecule has 20 heavy (non-hydrogen) atoms. The summed E-state index contributed by atoms with van der Waals surface area (Å²) >= 11 is 0. The summed E-state index contributed by atoms with van der Waals surface area (Å²) in [5, 5.41) is 10.8. The number of esters is 1. The third kappa shape index (κ3) is 4.17. The third-order valence-electron chi connectivity index (χ3n) is 2.39.